The van der Waals surface area contributed by atoms with Crippen molar-refractivity contribution in [1.29, 1.82) is 0 Å². The van der Waals surface area contributed by atoms with Crippen LogP contribution in [0.4, 0.5) is 14.5 Å². The van der Waals surface area contributed by atoms with Gasteiger partial charge in [0.1, 0.15) is 11.6 Å². The smallest absolute Gasteiger partial charge is 0.128 e. The molecule has 1 aliphatic carbocycles. The van der Waals surface area contributed by atoms with Gasteiger partial charge < -0.3 is 11.1 Å². The first-order valence-corrected chi connectivity index (χ1v) is 6.20. The summed E-state index contributed by atoms with van der Waals surface area (Å²) in [5.74, 6) is -1.17. The third-order valence-corrected chi connectivity index (χ3v) is 3.46. The zero-order valence-electron chi connectivity index (χ0n) is 10.2. The Labute approximate surface area is 110 Å². The fourth-order valence-corrected chi connectivity index (χ4v) is 2.65. The highest BCUT2D eigenvalue weighted by Crippen LogP contribution is 2.39. The third kappa shape index (κ3) is 2.31. The third-order valence-electron chi connectivity index (χ3n) is 3.46. The summed E-state index contributed by atoms with van der Waals surface area (Å²) in [5.41, 5.74) is 8.69. The first-order valence-electron chi connectivity index (χ1n) is 6.20. The van der Waals surface area contributed by atoms with Gasteiger partial charge in [-0.1, -0.05) is 24.3 Å². The fraction of sp³-hybridized carbons (Fsp3) is 0.200. The van der Waals surface area contributed by atoms with Crippen LogP contribution in [0, 0.1) is 11.6 Å². The van der Waals surface area contributed by atoms with E-state index in [1.54, 1.807) is 0 Å². The number of nitrogens with one attached hydrogen (secondary N) is 1. The molecule has 2 aromatic rings. The van der Waals surface area contributed by atoms with Crippen molar-refractivity contribution in [2.24, 2.45) is 5.73 Å². The fourth-order valence-electron chi connectivity index (χ4n) is 2.65. The lowest BCUT2D eigenvalue weighted by molar-refractivity contribution is 0.582. The Hall–Kier alpha value is -1.94. The maximum absolute atomic E-state index is 13.2. The van der Waals surface area contributed by atoms with Crippen LogP contribution in [-0.4, -0.2) is 0 Å². The largest absolute Gasteiger partial charge is 0.378 e. The van der Waals surface area contributed by atoms with E-state index in [1.165, 1.54) is 12.1 Å². The highest BCUT2D eigenvalue weighted by molar-refractivity contribution is 5.49. The van der Waals surface area contributed by atoms with E-state index in [0.717, 1.165) is 23.6 Å². The lowest BCUT2D eigenvalue weighted by Crippen LogP contribution is -2.10. The van der Waals surface area contributed by atoms with Crippen molar-refractivity contribution < 1.29 is 8.78 Å². The molecule has 3 rings (SSSR count). The molecule has 4 heteroatoms. The van der Waals surface area contributed by atoms with Gasteiger partial charge in [0.25, 0.3) is 0 Å². The van der Waals surface area contributed by atoms with Gasteiger partial charge in [-0.3, -0.25) is 0 Å². The van der Waals surface area contributed by atoms with Crippen LogP contribution in [0.3, 0.4) is 0 Å². The molecule has 2 aromatic carbocycles. The number of hydrogen-bond acceptors (Lipinski definition) is 2. The van der Waals surface area contributed by atoms with Crippen molar-refractivity contribution in [1.82, 2.24) is 0 Å². The number of fused-ring (bicyclic) bond motifs is 1. The van der Waals surface area contributed by atoms with Crippen molar-refractivity contribution in [2.45, 2.75) is 18.5 Å². The lowest BCUT2D eigenvalue weighted by atomic mass is 10.1. The summed E-state index contributed by atoms with van der Waals surface area (Å²) >= 11 is 0. The number of rotatable bonds is 2. The Bertz CT molecular complexity index is 593. The molecule has 0 fully saturated rings. The highest BCUT2D eigenvalue weighted by Gasteiger charge is 2.28. The minimum atomic E-state index is -0.585. The molecule has 1 aliphatic rings. The molecule has 0 radical (unpaired) electrons. The van der Waals surface area contributed by atoms with Gasteiger partial charge in [-0.2, -0.15) is 0 Å². The molecule has 0 heterocycles. The van der Waals surface area contributed by atoms with Crippen molar-refractivity contribution in [3.05, 3.63) is 65.2 Å². The van der Waals surface area contributed by atoms with E-state index in [1.807, 2.05) is 24.3 Å². The van der Waals surface area contributed by atoms with Crippen LogP contribution in [-0.2, 0) is 0 Å². The summed E-state index contributed by atoms with van der Waals surface area (Å²) in [6.07, 6.45) is 0.720. The van der Waals surface area contributed by atoms with Gasteiger partial charge in [-0.15, -0.1) is 0 Å². The second-order valence-corrected chi connectivity index (χ2v) is 4.83. The van der Waals surface area contributed by atoms with E-state index in [-0.39, 0.29) is 12.1 Å². The average molecular weight is 260 g/mol. The van der Waals surface area contributed by atoms with Gasteiger partial charge in [-0.25, -0.2) is 8.78 Å². The van der Waals surface area contributed by atoms with E-state index in [9.17, 15) is 8.78 Å². The zero-order valence-corrected chi connectivity index (χ0v) is 10.2. The average Bonchev–Trinajstić information content (AvgIpc) is 2.66. The van der Waals surface area contributed by atoms with Crippen LogP contribution < -0.4 is 11.1 Å². The summed E-state index contributed by atoms with van der Waals surface area (Å²) in [6, 6.07) is 11.3. The van der Waals surface area contributed by atoms with Crippen LogP contribution in [0.15, 0.2) is 42.5 Å². The molecule has 0 saturated heterocycles. The molecule has 0 aromatic heterocycles. The van der Waals surface area contributed by atoms with Gasteiger partial charge in [0.2, 0.25) is 0 Å². The molecule has 0 bridgehead atoms. The van der Waals surface area contributed by atoms with Gasteiger partial charge >= 0.3 is 0 Å². The molecule has 98 valence electrons. The van der Waals surface area contributed by atoms with Gasteiger partial charge in [0.05, 0.1) is 6.04 Å². The molecule has 2 nitrogen and oxygen atoms in total. The first-order chi connectivity index (χ1) is 9.13. The maximum Gasteiger partial charge on any atom is 0.128 e. The van der Waals surface area contributed by atoms with Gasteiger partial charge in [-0.05, 0) is 29.7 Å². The van der Waals surface area contributed by atoms with Crippen molar-refractivity contribution in [3.63, 3.8) is 0 Å². The molecular formula is C15H14F2N2. The molecule has 19 heavy (non-hydrogen) atoms. The summed E-state index contributed by atoms with van der Waals surface area (Å²) in [6.45, 7) is 0. The predicted octanol–water partition coefficient (Wildman–Crippen LogP) is 3.52. The van der Waals surface area contributed by atoms with Crippen LogP contribution in [0.2, 0.25) is 0 Å². The minimum Gasteiger partial charge on any atom is -0.378 e. The molecule has 3 N–H and O–H groups in total. The van der Waals surface area contributed by atoms with E-state index in [4.69, 9.17) is 5.73 Å². The van der Waals surface area contributed by atoms with Gasteiger partial charge in [0, 0.05) is 17.8 Å². The quantitative estimate of drug-likeness (QED) is 0.867. The Kier molecular flexibility index (Phi) is 2.95. The van der Waals surface area contributed by atoms with E-state index in [0.29, 0.717) is 5.69 Å². The summed E-state index contributed by atoms with van der Waals surface area (Å²) in [4.78, 5) is 0. The number of nitrogens with two attached hydrogens (primary N) is 1. The van der Waals surface area contributed by atoms with Crippen molar-refractivity contribution in [3.8, 4) is 0 Å². The monoisotopic (exact) mass is 260 g/mol. The second kappa shape index (κ2) is 4.63. The molecule has 0 saturated carbocycles. The van der Waals surface area contributed by atoms with Crippen LogP contribution >= 0.6 is 0 Å². The Balaban J connectivity index is 1.89. The van der Waals surface area contributed by atoms with E-state index < -0.39 is 11.6 Å². The molecule has 2 unspecified atom stereocenters. The lowest BCUT2D eigenvalue weighted by Gasteiger charge is -2.15. The molecular weight excluding hydrogens is 246 g/mol. The number of hydrogen-bond donors (Lipinski definition) is 2. The zero-order chi connectivity index (χ0) is 13.4. The number of benzene rings is 2. The summed E-state index contributed by atoms with van der Waals surface area (Å²) in [5, 5.41) is 3.15. The van der Waals surface area contributed by atoms with Crippen molar-refractivity contribution >= 4 is 5.69 Å². The molecule has 0 amide bonds. The Morgan fingerprint density at radius 2 is 1.63 bits per heavy atom. The highest BCUT2D eigenvalue weighted by atomic mass is 19.1. The van der Waals surface area contributed by atoms with Gasteiger partial charge in [0.15, 0.2) is 0 Å². The van der Waals surface area contributed by atoms with Crippen molar-refractivity contribution in [2.75, 3.05) is 5.32 Å². The standard InChI is InChI=1S/C15H14F2N2/c16-9-5-10(17)7-11(6-9)19-15-8-14(18)12-3-1-2-4-13(12)15/h1-7,14-15,19H,8,18H2. The first kappa shape index (κ1) is 12.1. The summed E-state index contributed by atoms with van der Waals surface area (Å²) in [7, 11) is 0. The normalized spacial score (nSPS) is 21.2. The number of anilines is 1. The Morgan fingerprint density at radius 1 is 1.00 bits per heavy atom. The van der Waals surface area contributed by atoms with Crippen LogP contribution in [0.25, 0.3) is 0 Å². The van der Waals surface area contributed by atoms with E-state index >= 15 is 0 Å². The SMILES string of the molecule is NC1CC(Nc2cc(F)cc(F)c2)c2ccccc21. The minimum absolute atomic E-state index is 0.00704. The molecule has 2 atom stereocenters. The Morgan fingerprint density at radius 3 is 2.32 bits per heavy atom. The number of halogens is 2. The predicted molar refractivity (Wildman–Crippen MR) is 70.7 cm³/mol. The molecule has 0 aliphatic heterocycles. The molecule has 0 spiro atoms. The van der Waals surface area contributed by atoms with Crippen LogP contribution in [0.1, 0.15) is 29.6 Å². The second-order valence-electron chi connectivity index (χ2n) is 4.83. The topological polar surface area (TPSA) is 38.0 Å². The van der Waals surface area contributed by atoms with Crippen LogP contribution in [0.5, 0.6) is 0 Å². The summed E-state index contributed by atoms with van der Waals surface area (Å²) < 4.78 is 26.3. The van der Waals surface area contributed by atoms with E-state index in [2.05, 4.69) is 5.32 Å². The maximum atomic E-state index is 13.2.